The Labute approximate surface area is 112 Å². The molecule has 0 saturated carbocycles. The Morgan fingerprint density at radius 3 is 2.26 bits per heavy atom. The van der Waals surface area contributed by atoms with E-state index in [-0.39, 0.29) is 11.7 Å². The van der Waals surface area contributed by atoms with Crippen molar-refractivity contribution in [3.05, 3.63) is 59.7 Å². The van der Waals surface area contributed by atoms with Crippen LogP contribution in [0.1, 0.15) is 15.9 Å². The molecule has 0 fully saturated rings. The minimum atomic E-state index is -0.0851. The molecule has 0 aromatic heterocycles. The number of rotatable bonds is 4. The van der Waals surface area contributed by atoms with Crippen LogP contribution in [0.15, 0.2) is 48.5 Å². The summed E-state index contributed by atoms with van der Waals surface area (Å²) in [6, 6.07) is 14.3. The molecule has 0 saturated heterocycles. The number of carbonyl (C=O) groups is 1. The van der Waals surface area contributed by atoms with Gasteiger partial charge in [0, 0.05) is 24.8 Å². The largest absolute Gasteiger partial charge is 0.508 e. The molecule has 2 aromatic carbocycles. The molecule has 0 radical (unpaired) electrons. The van der Waals surface area contributed by atoms with Crippen LogP contribution in [0.3, 0.4) is 0 Å². The zero-order valence-electron chi connectivity index (χ0n) is 10.7. The maximum absolute atomic E-state index is 11.4. The quantitative estimate of drug-likeness (QED) is 0.736. The molecular weight excluding hydrogens is 240 g/mol. The van der Waals surface area contributed by atoms with Crippen molar-refractivity contribution in [1.29, 1.82) is 0 Å². The lowest BCUT2D eigenvalue weighted by Gasteiger charge is -2.07. The predicted molar refractivity (Wildman–Crippen MR) is 75.3 cm³/mol. The smallest absolute Gasteiger partial charge is 0.251 e. The van der Waals surface area contributed by atoms with Crippen LogP contribution in [-0.4, -0.2) is 18.1 Å². The third kappa shape index (κ3) is 3.48. The van der Waals surface area contributed by atoms with Crippen molar-refractivity contribution in [2.75, 3.05) is 12.4 Å². The van der Waals surface area contributed by atoms with E-state index in [0.717, 1.165) is 11.3 Å². The van der Waals surface area contributed by atoms with E-state index in [1.54, 1.807) is 31.3 Å². The summed E-state index contributed by atoms with van der Waals surface area (Å²) >= 11 is 0. The molecule has 4 heteroatoms. The van der Waals surface area contributed by atoms with Crippen molar-refractivity contribution in [2.24, 2.45) is 0 Å². The van der Waals surface area contributed by atoms with E-state index in [0.29, 0.717) is 12.1 Å². The standard InChI is InChI=1S/C15H16N2O2/c1-16-15(19)12-4-2-11(3-5-12)10-17-13-6-8-14(18)9-7-13/h2-9,17-18H,10H2,1H3,(H,16,19). The SMILES string of the molecule is CNC(=O)c1ccc(CNc2ccc(O)cc2)cc1. The number of hydrogen-bond acceptors (Lipinski definition) is 3. The number of phenolic OH excluding ortho intramolecular Hbond substituents is 1. The van der Waals surface area contributed by atoms with Gasteiger partial charge in [-0.2, -0.15) is 0 Å². The highest BCUT2D eigenvalue weighted by Crippen LogP contribution is 2.15. The van der Waals surface area contributed by atoms with Gasteiger partial charge in [-0.3, -0.25) is 4.79 Å². The molecule has 0 aliphatic carbocycles. The first kappa shape index (κ1) is 13.0. The molecule has 0 unspecified atom stereocenters. The van der Waals surface area contributed by atoms with Gasteiger partial charge in [0.1, 0.15) is 5.75 Å². The van der Waals surface area contributed by atoms with Crippen LogP contribution in [0.2, 0.25) is 0 Å². The molecule has 0 bridgehead atoms. The molecule has 0 atom stereocenters. The van der Waals surface area contributed by atoms with Crippen molar-refractivity contribution in [2.45, 2.75) is 6.54 Å². The maximum atomic E-state index is 11.4. The van der Waals surface area contributed by atoms with Gasteiger partial charge in [-0.05, 0) is 42.0 Å². The first-order valence-electron chi connectivity index (χ1n) is 6.03. The molecule has 0 aliphatic rings. The highest BCUT2D eigenvalue weighted by atomic mass is 16.3. The van der Waals surface area contributed by atoms with Crippen LogP contribution in [0.4, 0.5) is 5.69 Å². The summed E-state index contributed by atoms with van der Waals surface area (Å²) in [5.74, 6) is 0.165. The third-order valence-corrected chi connectivity index (χ3v) is 2.81. The van der Waals surface area contributed by atoms with Gasteiger partial charge < -0.3 is 15.7 Å². The average Bonchev–Trinajstić information content (AvgIpc) is 2.46. The summed E-state index contributed by atoms with van der Waals surface area (Å²) in [4.78, 5) is 11.4. The van der Waals surface area contributed by atoms with Gasteiger partial charge in [-0.15, -0.1) is 0 Å². The van der Waals surface area contributed by atoms with Gasteiger partial charge >= 0.3 is 0 Å². The van der Waals surface area contributed by atoms with E-state index in [1.165, 1.54) is 0 Å². The number of carbonyl (C=O) groups excluding carboxylic acids is 1. The fourth-order valence-corrected chi connectivity index (χ4v) is 1.70. The molecule has 0 heterocycles. The normalized spacial score (nSPS) is 9.95. The number of benzene rings is 2. The lowest BCUT2D eigenvalue weighted by Crippen LogP contribution is -2.17. The Morgan fingerprint density at radius 1 is 1.05 bits per heavy atom. The van der Waals surface area contributed by atoms with Crippen LogP contribution in [0.25, 0.3) is 0 Å². The molecular formula is C15H16N2O2. The minimum absolute atomic E-state index is 0.0851. The number of aromatic hydroxyl groups is 1. The summed E-state index contributed by atoms with van der Waals surface area (Å²) in [6.45, 7) is 0.665. The van der Waals surface area contributed by atoms with Crippen molar-refractivity contribution < 1.29 is 9.90 Å². The van der Waals surface area contributed by atoms with E-state index in [1.807, 2.05) is 24.3 Å². The van der Waals surface area contributed by atoms with E-state index >= 15 is 0 Å². The molecule has 98 valence electrons. The van der Waals surface area contributed by atoms with Crippen LogP contribution in [0, 0.1) is 0 Å². The van der Waals surface area contributed by atoms with Crippen LogP contribution >= 0.6 is 0 Å². The van der Waals surface area contributed by atoms with Crippen LogP contribution in [0.5, 0.6) is 5.75 Å². The van der Waals surface area contributed by atoms with E-state index in [4.69, 9.17) is 0 Å². The summed E-state index contributed by atoms with van der Waals surface area (Å²) in [5.41, 5.74) is 2.67. The summed E-state index contributed by atoms with van der Waals surface area (Å²) in [6.07, 6.45) is 0. The lowest BCUT2D eigenvalue weighted by molar-refractivity contribution is 0.0963. The van der Waals surface area contributed by atoms with Gasteiger partial charge in [0.05, 0.1) is 0 Å². The Bertz CT molecular complexity index is 547. The Hall–Kier alpha value is -2.49. The monoisotopic (exact) mass is 256 g/mol. The third-order valence-electron chi connectivity index (χ3n) is 2.81. The second kappa shape index (κ2) is 5.91. The molecule has 2 rings (SSSR count). The Morgan fingerprint density at radius 2 is 1.68 bits per heavy atom. The Balaban J connectivity index is 1.96. The maximum Gasteiger partial charge on any atom is 0.251 e. The van der Waals surface area contributed by atoms with Gasteiger partial charge in [-0.25, -0.2) is 0 Å². The zero-order valence-corrected chi connectivity index (χ0v) is 10.7. The zero-order chi connectivity index (χ0) is 13.7. The van der Waals surface area contributed by atoms with Crippen LogP contribution in [-0.2, 0) is 6.54 Å². The van der Waals surface area contributed by atoms with Crippen molar-refractivity contribution >= 4 is 11.6 Å². The number of anilines is 1. The molecule has 2 aromatic rings. The van der Waals surface area contributed by atoms with E-state index < -0.39 is 0 Å². The Kier molecular flexibility index (Phi) is 4.03. The minimum Gasteiger partial charge on any atom is -0.508 e. The summed E-state index contributed by atoms with van der Waals surface area (Å²) in [7, 11) is 1.61. The van der Waals surface area contributed by atoms with E-state index in [9.17, 15) is 9.90 Å². The fourth-order valence-electron chi connectivity index (χ4n) is 1.70. The summed E-state index contributed by atoms with van der Waals surface area (Å²) < 4.78 is 0. The summed E-state index contributed by atoms with van der Waals surface area (Å²) in [5, 5.41) is 15.0. The second-order valence-electron chi connectivity index (χ2n) is 4.18. The highest BCUT2D eigenvalue weighted by Gasteiger charge is 2.02. The second-order valence-corrected chi connectivity index (χ2v) is 4.18. The van der Waals surface area contributed by atoms with E-state index in [2.05, 4.69) is 10.6 Å². The topological polar surface area (TPSA) is 61.4 Å². The van der Waals surface area contributed by atoms with Gasteiger partial charge in [0.25, 0.3) is 5.91 Å². The molecule has 0 spiro atoms. The fraction of sp³-hybridized carbons (Fsp3) is 0.133. The van der Waals surface area contributed by atoms with Gasteiger partial charge in [0.2, 0.25) is 0 Å². The predicted octanol–water partition coefficient (Wildman–Crippen LogP) is 2.36. The molecule has 4 nitrogen and oxygen atoms in total. The number of amides is 1. The number of phenols is 1. The average molecular weight is 256 g/mol. The van der Waals surface area contributed by atoms with Crippen LogP contribution < -0.4 is 10.6 Å². The van der Waals surface area contributed by atoms with Gasteiger partial charge in [0.15, 0.2) is 0 Å². The first-order chi connectivity index (χ1) is 9.19. The van der Waals surface area contributed by atoms with Crippen molar-refractivity contribution in [3.8, 4) is 5.75 Å². The molecule has 0 aliphatic heterocycles. The van der Waals surface area contributed by atoms with Crippen molar-refractivity contribution in [3.63, 3.8) is 0 Å². The molecule has 19 heavy (non-hydrogen) atoms. The van der Waals surface area contributed by atoms with Crippen molar-refractivity contribution in [1.82, 2.24) is 5.32 Å². The first-order valence-corrected chi connectivity index (χ1v) is 6.03. The van der Waals surface area contributed by atoms with Gasteiger partial charge in [-0.1, -0.05) is 12.1 Å². The molecule has 3 N–H and O–H groups in total. The highest BCUT2D eigenvalue weighted by molar-refractivity contribution is 5.93. The lowest BCUT2D eigenvalue weighted by atomic mass is 10.1. The number of nitrogens with one attached hydrogen (secondary N) is 2. The molecule has 1 amide bonds. The number of hydrogen-bond donors (Lipinski definition) is 3.